The Kier molecular flexibility index (Phi) is 5.23. The van der Waals surface area contributed by atoms with E-state index in [0.29, 0.717) is 0 Å². The van der Waals surface area contributed by atoms with Crippen molar-refractivity contribution in [1.29, 1.82) is 0 Å². The smallest absolute Gasteiger partial charge is 0.143 e. The highest BCUT2D eigenvalue weighted by Gasteiger charge is 2.37. The van der Waals surface area contributed by atoms with Gasteiger partial charge in [0.2, 0.25) is 0 Å². The fourth-order valence-electron chi connectivity index (χ4n) is 5.23. The molecule has 0 radical (unpaired) electrons. The topological polar surface area (TPSA) is 30.3 Å². The third kappa shape index (κ3) is 3.72. The Morgan fingerprint density at radius 1 is 0.968 bits per heavy atom. The van der Waals surface area contributed by atoms with Crippen molar-refractivity contribution < 1.29 is 4.74 Å². The lowest BCUT2D eigenvalue weighted by atomic mass is 9.81. The predicted molar refractivity (Wildman–Crippen MR) is 125 cm³/mol. The molecule has 162 valence electrons. The minimum Gasteiger partial charge on any atom is -0.362 e. The van der Waals surface area contributed by atoms with Gasteiger partial charge in [0.15, 0.2) is 0 Å². The van der Waals surface area contributed by atoms with Crippen molar-refractivity contribution in [3.05, 3.63) is 77.2 Å². The quantitative estimate of drug-likeness (QED) is 0.578. The Bertz CT molecular complexity index is 1060. The Balaban J connectivity index is 1.64. The first-order chi connectivity index (χ1) is 14.9. The fraction of sp³-hybridized carbons (Fsp3) is 0.444. The number of likely N-dealkylation sites (tertiary alicyclic amines) is 1. The number of hydrogen-bond donors (Lipinski definition) is 0. The number of benzene rings is 2. The molecule has 2 aliphatic heterocycles. The average molecular weight is 416 g/mol. The van der Waals surface area contributed by atoms with E-state index in [1.54, 1.807) is 0 Å². The van der Waals surface area contributed by atoms with Gasteiger partial charge < -0.3 is 14.2 Å². The third-order valence-corrected chi connectivity index (χ3v) is 7.05. The second-order valence-electron chi connectivity index (χ2n) is 9.85. The van der Waals surface area contributed by atoms with Crippen LogP contribution in [0.3, 0.4) is 0 Å². The molecule has 1 saturated heterocycles. The summed E-state index contributed by atoms with van der Waals surface area (Å²) in [5, 5.41) is 0. The molecule has 2 aliphatic rings. The van der Waals surface area contributed by atoms with Crippen molar-refractivity contribution in [3.8, 4) is 11.3 Å². The minimum atomic E-state index is -0.137. The Hall–Kier alpha value is -2.43. The Labute approximate surface area is 185 Å². The molecule has 3 heterocycles. The summed E-state index contributed by atoms with van der Waals surface area (Å²) < 4.78 is 9.32. The third-order valence-electron chi connectivity index (χ3n) is 7.05. The van der Waals surface area contributed by atoms with E-state index < -0.39 is 0 Å². The summed E-state index contributed by atoms with van der Waals surface area (Å²) in [6.45, 7) is 9.97. The van der Waals surface area contributed by atoms with Gasteiger partial charge in [-0.25, -0.2) is 4.98 Å². The zero-order valence-corrected chi connectivity index (χ0v) is 19.1. The maximum Gasteiger partial charge on any atom is 0.143 e. The lowest BCUT2D eigenvalue weighted by Crippen LogP contribution is -2.35. The molecule has 4 heteroatoms. The van der Waals surface area contributed by atoms with Gasteiger partial charge in [-0.3, -0.25) is 0 Å². The molecule has 0 N–H and O–H groups in total. The molecule has 3 aromatic rings. The summed E-state index contributed by atoms with van der Waals surface area (Å²) >= 11 is 0. The Morgan fingerprint density at radius 3 is 2.39 bits per heavy atom. The van der Waals surface area contributed by atoms with Crippen LogP contribution in [0.25, 0.3) is 11.3 Å². The van der Waals surface area contributed by atoms with Crippen LogP contribution in [0.4, 0.5) is 0 Å². The summed E-state index contributed by atoms with van der Waals surface area (Å²) in [7, 11) is 2.20. The van der Waals surface area contributed by atoms with Crippen molar-refractivity contribution >= 4 is 0 Å². The summed E-state index contributed by atoms with van der Waals surface area (Å²) in [6, 6.07) is 19.4. The van der Waals surface area contributed by atoms with Crippen LogP contribution < -0.4 is 0 Å². The van der Waals surface area contributed by atoms with Crippen molar-refractivity contribution in [1.82, 2.24) is 14.5 Å². The molecule has 5 rings (SSSR count). The van der Waals surface area contributed by atoms with Crippen LogP contribution >= 0.6 is 0 Å². The summed E-state index contributed by atoms with van der Waals surface area (Å²) in [6.07, 6.45) is 2.27. The van der Waals surface area contributed by atoms with Gasteiger partial charge in [-0.2, -0.15) is 0 Å². The molecule has 0 amide bonds. The largest absolute Gasteiger partial charge is 0.362 e. The van der Waals surface area contributed by atoms with Gasteiger partial charge in [0.1, 0.15) is 11.9 Å². The van der Waals surface area contributed by atoms with Gasteiger partial charge in [0.25, 0.3) is 0 Å². The Morgan fingerprint density at radius 2 is 1.65 bits per heavy atom. The van der Waals surface area contributed by atoms with Crippen LogP contribution in [0, 0.1) is 6.92 Å². The molecule has 0 saturated carbocycles. The average Bonchev–Trinajstić information content (AvgIpc) is 3.05. The summed E-state index contributed by atoms with van der Waals surface area (Å²) in [5.74, 6) is 1.05. The number of rotatable bonds is 3. The summed E-state index contributed by atoms with van der Waals surface area (Å²) in [5.41, 5.74) is 6.11. The molecular formula is C27H33N3O. The second-order valence-corrected chi connectivity index (χ2v) is 9.85. The number of piperidine rings is 1. The number of ether oxygens (including phenoxy) is 1. The maximum absolute atomic E-state index is 6.90. The lowest BCUT2D eigenvalue weighted by Gasteiger charge is -2.32. The van der Waals surface area contributed by atoms with Crippen molar-refractivity contribution in [2.24, 2.45) is 0 Å². The molecule has 0 bridgehead atoms. The van der Waals surface area contributed by atoms with Crippen molar-refractivity contribution in [2.45, 2.75) is 57.8 Å². The fourth-order valence-corrected chi connectivity index (χ4v) is 5.23. The van der Waals surface area contributed by atoms with Crippen LogP contribution in [-0.2, 0) is 16.7 Å². The zero-order chi connectivity index (χ0) is 21.6. The standard InChI is InChI=1S/C27H33N3O/c1-19-24(20-10-6-5-7-11-20)28-26-25(31-21-14-16-29(4)17-15-21)22-12-8-9-13-23(22)27(2,3)18-30(19)26/h5-13,21,25H,14-18H2,1-4H3. The molecule has 0 aliphatic carbocycles. The van der Waals surface area contributed by atoms with E-state index in [-0.39, 0.29) is 17.6 Å². The predicted octanol–water partition coefficient (Wildman–Crippen LogP) is 5.35. The molecule has 1 atom stereocenters. The maximum atomic E-state index is 6.90. The molecule has 1 fully saturated rings. The minimum absolute atomic E-state index is 0.00431. The van der Waals surface area contributed by atoms with Crippen LogP contribution in [0.1, 0.15) is 55.4 Å². The van der Waals surface area contributed by atoms with Gasteiger partial charge in [0.05, 0.1) is 11.8 Å². The molecule has 4 nitrogen and oxygen atoms in total. The van der Waals surface area contributed by atoms with Gasteiger partial charge in [-0.1, -0.05) is 68.4 Å². The molecule has 1 aromatic heterocycles. The van der Waals surface area contributed by atoms with Crippen LogP contribution in [0.15, 0.2) is 54.6 Å². The number of nitrogens with zero attached hydrogens (tertiary/aromatic N) is 3. The van der Waals surface area contributed by atoms with E-state index >= 15 is 0 Å². The molecular weight excluding hydrogens is 382 g/mol. The van der Waals surface area contributed by atoms with Crippen LogP contribution in [-0.4, -0.2) is 40.7 Å². The van der Waals surface area contributed by atoms with Gasteiger partial charge in [-0.15, -0.1) is 0 Å². The van der Waals surface area contributed by atoms with Crippen LogP contribution in [0.5, 0.6) is 0 Å². The van der Waals surface area contributed by atoms with Gasteiger partial charge in [0, 0.05) is 36.3 Å². The SMILES string of the molecule is Cc1c(-c2ccccc2)nc2n1CC(C)(C)c1ccccc1C2OC1CCN(C)CC1. The van der Waals surface area contributed by atoms with E-state index in [9.17, 15) is 0 Å². The van der Waals surface area contributed by atoms with E-state index in [4.69, 9.17) is 9.72 Å². The number of imidazole rings is 1. The highest BCUT2D eigenvalue weighted by Crippen LogP contribution is 2.42. The monoisotopic (exact) mass is 415 g/mol. The van der Waals surface area contributed by atoms with Crippen molar-refractivity contribution in [2.75, 3.05) is 20.1 Å². The van der Waals surface area contributed by atoms with Crippen LogP contribution in [0.2, 0.25) is 0 Å². The normalized spacial score (nSPS) is 21.4. The van der Waals surface area contributed by atoms with E-state index in [2.05, 4.69) is 91.9 Å². The molecule has 1 unspecified atom stereocenters. The van der Waals surface area contributed by atoms with Gasteiger partial charge in [-0.05, 0) is 37.9 Å². The molecule has 0 spiro atoms. The number of fused-ring (bicyclic) bond motifs is 2. The molecule has 2 aromatic carbocycles. The number of aromatic nitrogens is 2. The van der Waals surface area contributed by atoms with Gasteiger partial charge >= 0.3 is 0 Å². The summed E-state index contributed by atoms with van der Waals surface area (Å²) in [4.78, 5) is 7.63. The highest BCUT2D eigenvalue weighted by molar-refractivity contribution is 5.62. The molecule has 31 heavy (non-hydrogen) atoms. The number of hydrogen-bond acceptors (Lipinski definition) is 3. The first-order valence-corrected chi connectivity index (χ1v) is 11.5. The first-order valence-electron chi connectivity index (χ1n) is 11.5. The first kappa shape index (κ1) is 20.5. The zero-order valence-electron chi connectivity index (χ0n) is 19.1. The highest BCUT2D eigenvalue weighted by atomic mass is 16.5. The second kappa shape index (κ2) is 7.92. The van der Waals surface area contributed by atoms with E-state index in [1.807, 2.05) is 0 Å². The van der Waals surface area contributed by atoms with Crippen molar-refractivity contribution in [3.63, 3.8) is 0 Å². The van der Waals surface area contributed by atoms with E-state index in [0.717, 1.165) is 44.0 Å². The lowest BCUT2D eigenvalue weighted by molar-refractivity contribution is -0.0276. The van der Waals surface area contributed by atoms with E-state index in [1.165, 1.54) is 22.4 Å².